The normalized spacial score (nSPS) is 22.4. The number of amides is 1. The smallest absolute Gasteiger partial charge is 0.223 e. The van der Waals surface area contributed by atoms with Crippen LogP contribution in [0.5, 0.6) is 0 Å². The zero-order valence-corrected chi connectivity index (χ0v) is 12.1. The van der Waals surface area contributed by atoms with Crippen molar-refractivity contribution in [1.82, 2.24) is 5.32 Å². The molecule has 4 nitrogen and oxygen atoms in total. The molecule has 20 heavy (non-hydrogen) atoms. The highest BCUT2D eigenvalue weighted by molar-refractivity contribution is 5.79. The lowest BCUT2D eigenvalue weighted by Gasteiger charge is -2.20. The monoisotopic (exact) mass is 277 g/mol. The molecule has 0 saturated heterocycles. The second kappa shape index (κ2) is 6.86. The molecule has 0 saturated carbocycles. The van der Waals surface area contributed by atoms with Crippen molar-refractivity contribution < 1.29 is 14.6 Å². The quantitative estimate of drug-likeness (QED) is 0.780. The number of hydrogen-bond donors (Lipinski definition) is 2. The number of rotatable bonds is 6. The van der Waals surface area contributed by atoms with Crippen molar-refractivity contribution in [2.24, 2.45) is 5.92 Å². The Kier molecular flexibility index (Phi) is 5.15. The summed E-state index contributed by atoms with van der Waals surface area (Å²) in [6, 6.07) is 7.61. The number of methoxy groups -OCH3 is 1. The summed E-state index contributed by atoms with van der Waals surface area (Å²) in [7, 11) is 1.66. The SMILES string of the molecule is COCCCC(C)C(=O)NC1c2ccccc2CC1O. The molecule has 1 aliphatic rings. The first kappa shape index (κ1) is 15.0. The van der Waals surface area contributed by atoms with Crippen LogP contribution < -0.4 is 5.32 Å². The Hall–Kier alpha value is -1.39. The summed E-state index contributed by atoms with van der Waals surface area (Å²) in [4.78, 5) is 12.2. The molecule has 0 aliphatic heterocycles. The zero-order chi connectivity index (χ0) is 14.5. The summed E-state index contributed by atoms with van der Waals surface area (Å²) >= 11 is 0. The largest absolute Gasteiger partial charge is 0.390 e. The highest BCUT2D eigenvalue weighted by atomic mass is 16.5. The van der Waals surface area contributed by atoms with Crippen molar-refractivity contribution in [2.75, 3.05) is 13.7 Å². The van der Waals surface area contributed by atoms with E-state index in [2.05, 4.69) is 5.32 Å². The molecule has 3 unspecified atom stereocenters. The van der Waals surface area contributed by atoms with Crippen LogP contribution in [-0.2, 0) is 16.0 Å². The number of carbonyl (C=O) groups is 1. The fourth-order valence-electron chi connectivity index (χ4n) is 2.71. The van der Waals surface area contributed by atoms with Crippen molar-refractivity contribution in [3.63, 3.8) is 0 Å². The maximum absolute atomic E-state index is 12.2. The lowest BCUT2D eigenvalue weighted by molar-refractivity contribution is -0.126. The Bertz CT molecular complexity index is 461. The number of benzene rings is 1. The fraction of sp³-hybridized carbons (Fsp3) is 0.562. The van der Waals surface area contributed by atoms with E-state index < -0.39 is 6.10 Å². The first-order valence-corrected chi connectivity index (χ1v) is 7.18. The fourth-order valence-corrected chi connectivity index (χ4v) is 2.71. The summed E-state index contributed by atoms with van der Waals surface area (Å²) in [6.45, 7) is 2.59. The van der Waals surface area contributed by atoms with E-state index in [0.717, 1.165) is 24.0 Å². The van der Waals surface area contributed by atoms with E-state index >= 15 is 0 Å². The zero-order valence-electron chi connectivity index (χ0n) is 12.1. The predicted molar refractivity (Wildman–Crippen MR) is 77.3 cm³/mol. The lowest BCUT2D eigenvalue weighted by atomic mass is 10.0. The van der Waals surface area contributed by atoms with E-state index in [4.69, 9.17) is 4.74 Å². The van der Waals surface area contributed by atoms with Crippen LogP contribution in [0.2, 0.25) is 0 Å². The van der Waals surface area contributed by atoms with Gasteiger partial charge in [-0.1, -0.05) is 31.2 Å². The van der Waals surface area contributed by atoms with Crippen LogP contribution in [0.15, 0.2) is 24.3 Å². The topological polar surface area (TPSA) is 58.6 Å². The summed E-state index contributed by atoms with van der Waals surface area (Å²) in [6.07, 6.45) is 1.75. The van der Waals surface area contributed by atoms with Gasteiger partial charge >= 0.3 is 0 Å². The molecule has 0 heterocycles. The molecule has 0 spiro atoms. The maximum atomic E-state index is 12.2. The number of carbonyl (C=O) groups excluding carboxylic acids is 1. The Morgan fingerprint density at radius 2 is 2.25 bits per heavy atom. The number of fused-ring (bicyclic) bond motifs is 1. The maximum Gasteiger partial charge on any atom is 0.223 e. The number of nitrogens with one attached hydrogen (secondary N) is 1. The van der Waals surface area contributed by atoms with Crippen LogP contribution in [0, 0.1) is 5.92 Å². The minimum atomic E-state index is -0.525. The van der Waals surface area contributed by atoms with Crippen molar-refractivity contribution in [3.05, 3.63) is 35.4 Å². The Morgan fingerprint density at radius 3 is 3.00 bits per heavy atom. The van der Waals surface area contributed by atoms with Crippen molar-refractivity contribution in [3.8, 4) is 0 Å². The molecule has 2 rings (SSSR count). The molecule has 1 amide bonds. The van der Waals surface area contributed by atoms with Crippen LogP contribution >= 0.6 is 0 Å². The molecule has 1 aromatic rings. The number of aliphatic hydroxyl groups is 1. The highest BCUT2D eigenvalue weighted by Crippen LogP contribution is 2.31. The van der Waals surface area contributed by atoms with Crippen LogP contribution in [0.3, 0.4) is 0 Å². The van der Waals surface area contributed by atoms with Gasteiger partial charge in [0, 0.05) is 26.1 Å². The summed E-state index contributed by atoms with van der Waals surface area (Å²) in [5.74, 6) is -0.0630. The van der Waals surface area contributed by atoms with E-state index in [1.807, 2.05) is 31.2 Å². The second-order valence-electron chi connectivity index (χ2n) is 5.49. The van der Waals surface area contributed by atoms with E-state index in [-0.39, 0.29) is 17.9 Å². The molecule has 4 heteroatoms. The average Bonchev–Trinajstić information content (AvgIpc) is 2.75. The minimum Gasteiger partial charge on any atom is -0.390 e. The molecular weight excluding hydrogens is 254 g/mol. The van der Waals surface area contributed by atoms with Crippen molar-refractivity contribution in [1.29, 1.82) is 0 Å². The average molecular weight is 277 g/mol. The van der Waals surface area contributed by atoms with Gasteiger partial charge in [-0.2, -0.15) is 0 Å². The van der Waals surface area contributed by atoms with E-state index in [1.54, 1.807) is 7.11 Å². The van der Waals surface area contributed by atoms with Crippen LogP contribution in [0.1, 0.15) is 36.9 Å². The molecule has 1 aliphatic carbocycles. The van der Waals surface area contributed by atoms with Gasteiger partial charge < -0.3 is 15.2 Å². The molecule has 0 aromatic heterocycles. The third-order valence-electron chi connectivity index (χ3n) is 3.93. The van der Waals surface area contributed by atoms with Crippen molar-refractivity contribution in [2.45, 2.75) is 38.3 Å². The van der Waals surface area contributed by atoms with Gasteiger partial charge in [-0.15, -0.1) is 0 Å². The Balaban J connectivity index is 1.94. The van der Waals surface area contributed by atoms with E-state index in [9.17, 15) is 9.90 Å². The van der Waals surface area contributed by atoms with Gasteiger partial charge in [0.2, 0.25) is 5.91 Å². The van der Waals surface area contributed by atoms with Crippen molar-refractivity contribution >= 4 is 5.91 Å². The van der Waals surface area contributed by atoms with Crippen LogP contribution in [-0.4, -0.2) is 30.8 Å². The minimum absolute atomic E-state index is 0.00172. The first-order valence-electron chi connectivity index (χ1n) is 7.18. The number of hydrogen-bond acceptors (Lipinski definition) is 3. The second-order valence-corrected chi connectivity index (χ2v) is 5.49. The summed E-state index contributed by atoms with van der Waals surface area (Å²) in [5, 5.41) is 13.1. The van der Waals surface area contributed by atoms with Gasteiger partial charge in [0.15, 0.2) is 0 Å². The molecule has 1 aromatic carbocycles. The molecule has 2 N–H and O–H groups in total. The third kappa shape index (κ3) is 3.38. The molecule has 0 fully saturated rings. The summed E-state index contributed by atoms with van der Waals surface area (Å²) in [5.41, 5.74) is 2.16. The standard InChI is InChI=1S/C16H23NO3/c1-11(6-5-9-20-2)16(19)17-15-13-8-4-3-7-12(13)10-14(15)18/h3-4,7-8,11,14-15,18H,5-6,9-10H2,1-2H3,(H,17,19). The van der Waals surface area contributed by atoms with Gasteiger partial charge in [0.1, 0.15) is 0 Å². The van der Waals surface area contributed by atoms with Gasteiger partial charge in [-0.25, -0.2) is 0 Å². The molecule has 110 valence electrons. The van der Waals surface area contributed by atoms with E-state index in [1.165, 1.54) is 0 Å². The Morgan fingerprint density at radius 1 is 1.50 bits per heavy atom. The number of aliphatic hydroxyl groups excluding tert-OH is 1. The molecule has 0 bridgehead atoms. The molecule has 3 atom stereocenters. The number of ether oxygens (including phenoxy) is 1. The molecule has 0 radical (unpaired) electrons. The van der Waals surface area contributed by atoms with Gasteiger partial charge in [-0.3, -0.25) is 4.79 Å². The van der Waals surface area contributed by atoms with E-state index in [0.29, 0.717) is 13.0 Å². The van der Waals surface area contributed by atoms with Gasteiger partial charge in [-0.05, 0) is 24.0 Å². The Labute approximate surface area is 120 Å². The van der Waals surface area contributed by atoms with Crippen LogP contribution in [0.4, 0.5) is 0 Å². The summed E-state index contributed by atoms with van der Waals surface area (Å²) < 4.78 is 5.00. The lowest BCUT2D eigenvalue weighted by Crippen LogP contribution is -2.37. The van der Waals surface area contributed by atoms with Gasteiger partial charge in [0.25, 0.3) is 0 Å². The third-order valence-corrected chi connectivity index (χ3v) is 3.93. The first-order chi connectivity index (χ1) is 9.63. The van der Waals surface area contributed by atoms with Crippen LogP contribution in [0.25, 0.3) is 0 Å². The highest BCUT2D eigenvalue weighted by Gasteiger charge is 2.32. The van der Waals surface area contributed by atoms with Gasteiger partial charge in [0.05, 0.1) is 12.1 Å². The molecular formula is C16H23NO3. The predicted octanol–water partition coefficient (Wildman–Crippen LogP) is 1.82.